The number of nitrogens with two attached hydrogens (primary N) is 1. The predicted octanol–water partition coefficient (Wildman–Crippen LogP) is 2.47. The van der Waals surface area contributed by atoms with Crippen LogP contribution in [-0.4, -0.2) is 23.0 Å². The van der Waals surface area contributed by atoms with Crippen molar-refractivity contribution in [3.8, 4) is 0 Å². The smallest absolute Gasteiger partial charge is 0.250 e. The van der Waals surface area contributed by atoms with Crippen molar-refractivity contribution >= 4 is 40.9 Å². The van der Waals surface area contributed by atoms with Gasteiger partial charge in [-0.15, -0.1) is 11.8 Å². The number of rotatable bonds is 4. The molecule has 25 heavy (non-hydrogen) atoms. The van der Waals surface area contributed by atoms with Crippen LogP contribution in [0.4, 0.5) is 11.4 Å². The Morgan fingerprint density at radius 2 is 1.84 bits per heavy atom. The number of nitrogens with one attached hydrogen (secondary N) is 2. The summed E-state index contributed by atoms with van der Waals surface area (Å²) in [6, 6.07) is 14.0. The molecule has 0 bridgehead atoms. The van der Waals surface area contributed by atoms with Crippen molar-refractivity contribution in [2.24, 2.45) is 11.7 Å². The monoisotopic (exact) mass is 355 g/mol. The second kappa shape index (κ2) is 6.98. The third-order valence-electron chi connectivity index (χ3n) is 3.98. The Hall–Kier alpha value is -2.80. The molecule has 0 saturated carbocycles. The van der Waals surface area contributed by atoms with E-state index in [-0.39, 0.29) is 17.4 Å². The topological polar surface area (TPSA) is 101 Å². The average Bonchev–Trinajstić information content (AvgIpc) is 2.60. The highest BCUT2D eigenvalue weighted by molar-refractivity contribution is 8.01. The van der Waals surface area contributed by atoms with Crippen LogP contribution in [0.25, 0.3) is 0 Å². The minimum absolute atomic E-state index is 0.213. The van der Waals surface area contributed by atoms with E-state index < -0.39 is 17.1 Å². The molecule has 1 aliphatic rings. The fourth-order valence-electron chi connectivity index (χ4n) is 2.59. The van der Waals surface area contributed by atoms with Gasteiger partial charge in [-0.1, -0.05) is 31.2 Å². The van der Waals surface area contributed by atoms with Gasteiger partial charge in [-0.3, -0.25) is 14.4 Å². The van der Waals surface area contributed by atoms with Gasteiger partial charge in [0.05, 0.1) is 28.1 Å². The first-order chi connectivity index (χ1) is 12.0. The summed E-state index contributed by atoms with van der Waals surface area (Å²) in [6.07, 6.45) is 0. The van der Waals surface area contributed by atoms with E-state index in [1.165, 1.54) is 11.8 Å². The third-order valence-corrected chi connectivity index (χ3v) is 5.46. The van der Waals surface area contributed by atoms with Gasteiger partial charge in [-0.25, -0.2) is 0 Å². The summed E-state index contributed by atoms with van der Waals surface area (Å²) in [5.74, 6) is -1.78. The second-order valence-electron chi connectivity index (χ2n) is 5.71. The van der Waals surface area contributed by atoms with Crippen molar-refractivity contribution in [1.82, 2.24) is 0 Å². The predicted molar refractivity (Wildman–Crippen MR) is 97.5 cm³/mol. The normalized spacial score (nSPS) is 17.2. The molecule has 0 spiro atoms. The van der Waals surface area contributed by atoms with Crippen LogP contribution in [0.2, 0.25) is 0 Å². The van der Waals surface area contributed by atoms with Gasteiger partial charge in [-0.2, -0.15) is 0 Å². The highest BCUT2D eigenvalue weighted by Crippen LogP contribution is 2.38. The molecule has 2 unspecified atom stereocenters. The zero-order chi connectivity index (χ0) is 18.0. The maximum absolute atomic E-state index is 12.6. The van der Waals surface area contributed by atoms with Crippen LogP contribution in [0.1, 0.15) is 17.3 Å². The number of para-hydroxylation sites is 2. The molecular weight excluding hydrogens is 338 g/mol. The summed E-state index contributed by atoms with van der Waals surface area (Å²) in [6.45, 7) is 1.69. The number of amides is 3. The molecule has 6 nitrogen and oxygen atoms in total. The molecule has 4 N–H and O–H groups in total. The van der Waals surface area contributed by atoms with Gasteiger partial charge in [0.25, 0.3) is 5.91 Å². The highest BCUT2D eigenvalue weighted by atomic mass is 32.2. The fourth-order valence-corrected chi connectivity index (χ4v) is 3.76. The zero-order valence-corrected chi connectivity index (χ0v) is 14.3. The van der Waals surface area contributed by atoms with Crippen molar-refractivity contribution in [3.05, 3.63) is 54.1 Å². The molecule has 1 heterocycles. The molecule has 128 valence electrons. The van der Waals surface area contributed by atoms with Gasteiger partial charge < -0.3 is 16.4 Å². The van der Waals surface area contributed by atoms with Gasteiger partial charge in [0, 0.05) is 4.90 Å². The van der Waals surface area contributed by atoms with Crippen molar-refractivity contribution in [1.29, 1.82) is 0 Å². The number of hydrogen-bond donors (Lipinski definition) is 3. The van der Waals surface area contributed by atoms with Gasteiger partial charge in [0.1, 0.15) is 0 Å². The lowest BCUT2D eigenvalue weighted by Gasteiger charge is -2.27. The SMILES string of the molecule is CC(C(=O)Nc1ccccc1C(N)=O)C1Sc2ccccc2NC1=O. The molecule has 0 aromatic heterocycles. The van der Waals surface area contributed by atoms with Crippen molar-refractivity contribution in [2.75, 3.05) is 10.6 Å². The number of anilines is 2. The Morgan fingerprint density at radius 1 is 1.16 bits per heavy atom. The van der Waals surface area contributed by atoms with Crippen LogP contribution in [0.15, 0.2) is 53.4 Å². The largest absolute Gasteiger partial charge is 0.366 e. The second-order valence-corrected chi connectivity index (χ2v) is 6.90. The Bertz CT molecular complexity index is 853. The molecule has 2 atom stereocenters. The summed E-state index contributed by atoms with van der Waals surface area (Å²) >= 11 is 1.36. The first kappa shape index (κ1) is 17.0. The fraction of sp³-hybridized carbons (Fsp3) is 0.167. The van der Waals surface area contributed by atoms with E-state index >= 15 is 0 Å². The number of hydrogen-bond acceptors (Lipinski definition) is 4. The van der Waals surface area contributed by atoms with E-state index in [0.29, 0.717) is 5.69 Å². The third kappa shape index (κ3) is 3.51. The zero-order valence-electron chi connectivity index (χ0n) is 13.5. The van der Waals surface area contributed by atoms with E-state index in [1.54, 1.807) is 31.2 Å². The molecule has 0 aliphatic carbocycles. The van der Waals surface area contributed by atoms with Crippen LogP contribution in [0.5, 0.6) is 0 Å². The van der Waals surface area contributed by atoms with Crippen LogP contribution >= 0.6 is 11.8 Å². The molecule has 3 amide bonds. The number of benzene rings is 2. The molecule has 0 saturated heterocycles. The molecule has 0 radical (unpaired) electrons. The maximum atomic E-state index is 12.6. The number of fused-ring (bicyclic) bond motifs is 1. The number of carbonyl (C=O) groups is 3. The minimum atomic E-state index is -0.623. The highest BCUT2D eigenvalue weighted by Gasteiger charge is 2.35. The van der Waals surface area contributed by atoms with Crippen molar-refractivity contribution in [3.63, 3.8) is 0 Å². The van der Waals surface area contributed by atoms with Crippen molar-refractivity contribution in [2.45, 2.75) is 17.1 Å². The summed E-state index contributed by atoms with van der Waals surface area (Å²) < 4.78 is 0. The standard InChI is InChI=1S/C18H17N3O3S/c1-10(15-18(24)21-13-8-4-5-9-14(13)25-15)17(23)20-12-7-3-2-6-11(12)16(19)22/h2-10,15H,1H3,(H2,19,22)(H,20,23)(H,21,24). The summed E-state index contributed by atoms with van der Waals surface area (Å²) in [7, 11) is 0. The summed E-state index contributed by atoms with van der Waals surface area (Å²) in [4.78, 5) is 37.3. The Labute approximate surface area is 149 Å². The molecule has 1 aliphatic heterocycles. The lowest BCUT2D eigenvalue weighted by molar-refractivity contribution is -0.123. The Kier molecular flexibility index (Phi) is 4.76. The number of thioether (sulfide) groups is 1. The van der Waals surface area contributed by atoms with Gasteiger partial charge in [0.2, 0.25) is 11.8 Å². The molecular formula is C18H17N3O3S. The van der Waals surface area contributed by atoms with Crippen LogP contribution in [-0.2, 0) is 9.59 Å². The lowest BCUT2D eigenvalue weighted by Crippen LogP contribution is -2.39. The molecule has 2 aromatic carbocycles. The maximum Gasteiger partial charge on any atom is 0.250 e. The summed E-state index contributed by atoms with van der Waals surface area (Å²) in [5.41, 5.74) is 6.65. The van der Waals surface area contributed by atoms with E-state index in [2.05, 4.69) is 10.6 Å². The van der Waals surface area contributed by atoms with E-state index in [0.717, 1.165) is 10.6 Å². The van der Waals surface area contributed by atoms with Crippen molar-refractivity contribution < 1.29 is 14.4 Å². The van der Waals surface area contributed by atoms with Gasteiger partial charge in [0.15, 0.2) is 0 Å². The van der Waals surface area contributed by atoms with E-state index in [9.17, 15) is 14.4 Å². The molecule has 2 aromatic rings. The van der Waals surface area contributed by atoms with E-state index in [4.69, 9.17) is 5.73 Å². The quantitative estimate of drug-likeness (QED) is 0.784. The number of primary amides is 1. The van der Waals surface area contributed by atoms with Gasteiger partial charge in [-0.05, 0) is 24.3 Å². The van der Waals surface area contributed by atoms with Gasteiger partial charge >= 0.3 is 0 Å². The van der Waals surface area contributed by atoms with Crippen LogP contribution < -0.4 is 16.4 Å². The van der Waals surface area contributed by atoms with E-state index in [1.807, 2.05) is 24.3 Å². The molecule has 0 fully saturated rings. The molecule has 3 rings (SSSR count). The lowest BCUT2D eigenvalue weighted by atomic mass is 10.0. The first-order valence-corrected chi connectivity index (χ1v) is 8.61. The average molecular weight is 355 g/mol. The minimum Gasteiger partial charge on any atom is -0.366 e. The first-order valence-electron chi connectivity index (χ1n) is 7.73. The van der Waals surface area contributed by atoms with Crippen LogP contribution in [0, 0.1) is 5.92 Å². The Morgan fingerprint density at radius 3 is 2.60 bits per heavy atom. The van der Waals surface area contributed by atoms with Crippen LogP contribution in [0.3, 0.4) is 0 Å². The number of carbonyl (C=O) groups excluding carboxylic acids is 3. The Balaban J connectivity index is 1.77. The summed E-state index contributed by atoms with van der Waals surface area (Å²) in [5, 5.41) is 4.97. The molecule has 7 heteroatoms.